The van der Waals surface area contributed by atoms with Crippen LogP contribution in [0.15, 0.2) is 0 Å². The number of hydrogen-bond acceptors (Lipinski definition) is 2. The fourth-order valence-electron chi connectivity index (χ4n) is 1.27. The van der Waals surface area contributed by atoms with E-state index in [0.717, 1.165) is 12.8 Å². The van der Waals surface area contributed by atoms with Gasteiger partial charge in [0, 0.05) is 12.6 Å². The van der Waals surface area contributed by atoms with Gasteiger partial charge in [-0.15, -0.1) is 0 Å². The van der Waals surface area contributed by atoms with E-state index in [0.29, 0.717) is 12.5 Å². The lowest BCUT2D eigenvalue weighted by atomic mass is 9.69. The summed E-state index contributed by atoms with van der Waals surface area (Å²) in [4.78, 5) is 0. The summed E-state index contributed by atoms with van der Waals surface area (Å²) in [5, 5.41) is 0. The van der Waals surface area contributed by atoms with Crippen molar-refractivity contribution >= 4 is 7.85 Å². The molecule has 66 valence electrons. The predicted octanol–water partition coefficient (Wildman–Crippen LogP) is 0.357. The molecule has 0 aliphatic rings. The second-order valence-corrected chi connectivity index (χ2v) is 3.36. The number of methoxy groups -OCH3 is 1. The maximum absolute atomic E-state index is 5.50. The van der Waals surface area contributed by atoms with Crippen LogP contribution in [-0.4, -0.2) is 27.0 Å². The standard InChI is InChI=1S/C8H20BNO/c1-4-7(2)8(9,11-3)5-6-10/h7H,4-6,9-10H2,1-3H3. The smallest absolute Gasteiger partial charge is 0.143 e. The molecule has 0 aromatic carbocycles. The van der Waals surface area contributed by atoms with Crippen molar-refractivity contribution in [3.63, 3.8) is 0 Å². The Balaban J connectivity index is 4.07. The highest BCUT2D eigenvalue weighted by Crippen LogP contribution is 2.23. The summed E-state index contributed by atoms with van der Waals surface area (Å²) in [6.07, 6.45) is 2.09. The Morgan fingerprint density at radius 2 is 2.18 bits per heavy atom. The molecule has 0 spiro atoms. The minimum atomic E-state index is -0.0243. The van der Waals surface area contributed by atoms with Crippen LogP contribution in [-0.2, 0) is 4.74 Å². The minimum Gasteiger partial charge on any atom is -0.387 e. The molecule has 0 rings (SSSR count). The first-order chi connectivity index (χ1) is 5.10. The van der Waals surface area contributed by atoms with Gasteiger partial charge in [0.15, 0.2) is 0 Å². The molecule has 0 heterocycles. The summed E-state index contributed by atoms with van der Waals surface area (Å²) in [6, 6.07) is 0. The van der Waals surface area contributed by atoms with Gasteiger partial charge < -0.3 is 10.5 Å². The second-order valence-electron chi connectivity index (χ2n) is 3.36. The van der Waals surface area contributed by atoms with Crippen molar-refractivity contribution in [3.05, 3.63) is 0 Å². The SMILES string of the molecule is BC(CCN)(OC)C(C)CC. The summed E-state index contributed by atoms with van der Waals surface area (Å²) in [6.45, 7) is 5.09. The summed E-state index contributed by atoms with van der Waals surface area (Å²) in [5.41, 5.74) is 5.48. The van der Waals surface area contributed by atoms with Crippen molar-refractivity contribution in [3.8, 4) is 0 Å². The molecule has 0 aliphatic heterocycles. The lowest BCUT2D eigenvalue weighted by molar-refractivity contribution is 0.0124. The van der Waals surface area contributed by atoms with Gasteiger partial charge in [-0.3, -0.25) is 0 Å². The van der Waals surface area contributed by atoms with Crippen LogP contribution < -0.4 is 5.73 Å². The molecular weight excluding hydrogens is 137 g/mol. The van der Waals surface area contributed by atoms with E-state index in [9.17, 15) is 0 Å². The minimum absolute atomic E-state index is 0.0243. The van der Waals surface area contributed by atoms with E-state index in [1.54, 1.807) is 7.11 Å². The lowest BCUT2D eigenvalue weighted by Gasteiger charge is -2.33. The highest BCUT2D eigenvalue weighted by Gasteiger charge is 2.28. The van der Waals surface area contributed by atoms with Crippen molar-refractivity contribution in [2.24, 2.45) is 11.7 Å². The monoisotopic (exact) mass is 157 g/mol. The van der Waals surface area contributed by atoms with E-state index >= 15 is 0 Å². The number of nitrogens with two attached hydrogens (primary N) is 1. The highest BCUT2D eigenvalue weighted by atomic mass is 16.5. The Hall–Kier alpha value is -0.0151. The van der Waals surface area contributed by atoms with E-state index in [4.69, 9.17) is 10.5 Å². The van der Waals surface area contributed by atoms with Crippen LogP contribution in [0.4, 0.5) is 0 Å². The molecule has 0 aromatic rings. The molecule has 2 atom stereocenters. The Labute approximate surface area is 70.9 Å². The molecule has 0 saturated heterocycles. The molecular formula is C8H20BNO. The first-order valence-electron chi connectivity index (χ1n) is 4.36. The molecule has 0 bridgehead atoms. The predicted molar refractivity (Wildman–Crippen MR) is 51.4 cm³/mol. The normalized spacial score (nSPS) is 19.3. The van der Waals surface area contributed by atoms with Crippen molar-refractivity contribution in [1.82, 2.24) is 0 Å². The van der Waals surface area contributed by atoms with Crippen LogP contribution in [0.3, 0.4) is 0 Å². The molecule has 11 heavy (non-hydrogen) atoms. The Morgan fingerprint density at radius 1 is 1.64 bits per heavy atom. The first kappa shape index (κ1) is 11.0. The third-order valence-electron chi connectivity index (χ3n) is 2.76. The van der Waals surface area contributed by atoms with E-state index in [-0.39, 0.29) is 5.50 Å². The third-order valence-corrected chi connectivity index (χ3v) is 2.76. The third kappa shape index (κ3) is 2.84. The molecule has 3 heteroatoms. The van der Waals surface area contributed by atoms with Gasteiger partial charge in [-0.05, 0) is 18.9 Å². The molecule has 0 aliphatic carbocycles. The van der Waals surface area contributed by atoms with Crippen molar-refractivity contribution in [2.75, 3.05) is 13.7 Å². The van der Waals surface area contributed by atoms with E-state index in [1.807, 2.05) is 0 Å². The van der Waals surface area contributed by atoms with Gasteiger partial charge in [0.1, 0.15) is 7.85 Å². The fourth-order valence-corrected chi connectivity index (χ4v) is 1.27. The zero-order valence-corrected chi connectivity index (χ0v) is 8.18. The maximum Gasteiger partial charge on any atom is 0.143 e. The summed E-state index contributed by atoms with van der Waals surface area (Å²) >= 11 is 0. The largest absolute Gasteiger partial charge is 0.387 e. The van der Waals surface area contributed by atoms with Crippen LogP contribution in [0, 0.1) is 5.92 Å². The molecule has 0 radical (unpaired) electrons. The van der Waals surface area contributed by atoms with Gasteiger partial charge in [-0.1, -0.05) is 20.3 Å². The average Bonchev–Trinajstić information content (AvgIpc) is 2.03. The molecule has 0 amide bonds. The average molecular weight is 157 g/mol. The number of hydrogen-bond donors (Lipinski definition) is 1. The topological polar surface area (TPSA) is 35.2 Å². The summed E-state index contributed by atoms with van der Waals surface area (Å²) in [5.74, 6) is 0.580. The van der Waals surface area contributed by atoms with Crippen LogP contribution in [0.25, 0.3) is 0 Å². The van der Waals surface area contributed by atoms with Gasteiger partial charge >= 0.3 is 0 Å². The number of rotatable bonds is 5. The molecule has 0 fully saturated rings. The van der Waals surface area contributed by atoms with Gasteiger partial charge in [0.25, 0.3) is 0 Å². The number of ether oxygens (including phenoxy) is 1. The van der Waals surface area contributed by atoms with Gasteiger partial charge in [-0.2, -0.15) is 0 Å². The van der Waals surface area contributed by atoms with Crippen molar-refractivity contribution < 1.29 is 4.74 Å². The van der Waals surface area contributed by atoms with Crippen molar-refractivity contribution in [1.29, 1.82) is 0 Å². The van der Waals surface area contributed by atoms with Crippen LogP contribution in [0.2, 0.25) is 0 Å². The summed E-state index contributed by atoms with van der Waals surface area (Å²) in [7, 11) is 3.90. The highest BCUT2D eigenvalue weighted by molar-refractivity contribution is 6.14. The van der Waals surface area contributed by atoms with Gasteiger partial charge in [-0.25, -0.2) is 0 Å². The Morgan fingerprint density at radius 3 is 2.45 bits per heavy atom. The lowest BCUT2D eigenvalue weighted by Crippen LogP contribution is -2.41. The Kier molecular flexibility index (Phi) is 4.77. The Bertz CT molecular complexity index is 110. The van der Waals surface area contributed by atoms with Crippen LogP contribution >= 0.6 is 0 Å². The molecule has 2 unspecified atom stereocenters. The van der Waals surface area contributed by atoms with Crippen molar-refractivity contribution in [2.45, 2.75) is 32.2 Å². The fraction of sp³-hybridized carbons (Fsp3) is 1.00. The van der Waals surface area contributed by atoms with Crippen LogP contribution in [0.1, 0.15) is 26.7 Å². The maximum atomic E-state index is 5.50. The quantitative estimate of drug-likeness (QED) is 0.584. The summed E-state index contributed by atoms with van der Waals surface area (Å²) < 4.78 is 5.45. The van der Waals surface area contributed by atoms with Gasteiger partial charge in [0.05, 0.1) is 0 Å². The van der Waals surface area contributed by atoms with E-state index in [1.165, 1.54) is 0 Å². The molecule has 0 saturated carbocycles. The molecule has 2 nitrogen and oxygen atoms in total. The zero-order chi connectivity index (χ0) is 8.91. The van der Waals surface area contributed by atoms with E-state index in [2.05, 4.69) is 21.7 Å². The van der Waals surface area contributed by atoms with Gasteiger partial charge in [0.2, 0.25) is 0 Å². The van der Waals surface area contributed by atoms with Crippen LogP contribution in [0.5, 0.6) is 0 Å². The second kappa shape index (κ2) is 4.78. The molecule has 0 aromatic heterocycles. The molecule has 2 N–H and O–H groups in total. The first-order valence-corrected chi connectivity index (χ1v) is 4.36. The van der Waals surface area contributed by atoms with E-state index < -0.39 is 0 Å². The zero-order valence-electron chi connectivity index (χ0n) is 8.18.